The summed E-state index contributed by atoms with van der Waals surface area (Å²) in [6, 6.07) is 1.84. The fourth-order valence-corrected chi connectivity index (χ4v) is 2.34. The Morgan fingerprint density at radius 1 is 0.950 bits per heavy atom. The van der Waals surface area contributed by atoms with Crippen LogP contribution in [0.1, 0.15) is 40.2 Å². The summed E-state index contributed by atoms with van der Waals surface area (Å²) in [4.78, 5) is 4.25. The molecule has 0 bridgehead atoms. The minimum atomic E-state index is -0.862. The molecule has 0 unspecified atom stereocenters. The first-order valence-corrected chi connectivity index (χ1v) is 6.64. The van der Waals surface area contributed by atoms with Crippen molar-refractivity contribution in [3.05, 3.63) is 17.8 Å². The summed E-state index contributed by atoms with van der Waals surface area (Å²) < 4.78 is 22.7. The zero-order valence-corrected chi connectivity index (χ0v) is 13.2. The average molecular weight is 281 g/mol. The summed E-state index contributed by atoms with van der Waals surface area (Å²) in [6.07, 6.45) is 1.69. The van der Waals surface area contributed by atoms with Crippen LogP contribution in [0.4, 0.5) is 0 Å². The second-order valence-corrected chi connectivity index (χ2v) is 6.11. The molecule has 20 heavy (non-hydrogen) atoms. The quantitative estimate of drug-likeness (QED) is 0.852. The van der Waals surface area contributed by atoms with Crippen LogP contribution < -0.4 is 9.47 Å². The van der Waals surface area contributed by atoms with Crippen LogP contribution in [0.5, 0.6) is 11.6 Å². The van der Waals surface area contributed by atoms with Gasteiger partial charge in [0.05, 0.1) is 25.4 Å². The van der Waals surface area contributed by atoms with Crippen molar-refractivity contribution in [1.29, 1.82) is 0 Å². The summed E-state index contributed by atoms with van der Waals surface area (Å²) in [5, 5.41) is 0. The lowest BCUT2D eigenvalue weighted by Crippen LogP contribution is -2.41. The molecule has 5 nitrogen and oxygen atoms in total. The smallest absolute Gasteiger partial charge is 0.256 e. The lowest BCUT2D eigenvalue weighted by molar-refractivity contribution is -0.186. The van der Waals surface area contributed by atoms with Crippen LogP contribution in [-0.2, 0) is 15.3 Å². The number of hydrogen-bond donors (Lipinski definition) is 0. The van der Waals surface area contributed by atoms with Crippen LogP contribution in [0, 0.1) is 0 Å². The van der Waals surface area contributed by atoms with E-state index in [9.17, 15) is 0 Å². The van der Waals surface area contributed by atoms with Gasteiger partial charge >= 0.3 is 0 Å². The highest BCUT2D eigenvalue weighted by atomic mass is 16.8. The molecular formula is C15H23NO4. The summed E-state index contributed by atoms with van der Waals surface area (Å²) in [6.45, 7) is 9.98. The van der Waals surface area contributed by atoms with Crippen LogP contribution >= 0.6 is 0 Å². The highest BCUT2D eigenvalue weighted by Gasteiger charge is 2.55. The highest BCUT2D eigenvalue weighted by Crippen LogP contribution is 2.49. The van der Waals surface area contributed by atoms with E-state index in [2.05, 4.69) is 4.98 Å². The van der Waals surface area contributed by atoms with E-state index in [4.69, 9.17) is 18.9 Å². The standard InChI is InChI=1S/C15H23NO4/c1-13(2)14(3,4)20-15(5,19-13)10-8-11(17-6)12(18-7)16-9-10/h8-9H,1-7H3. The molecular weight excluding hydrogens is 258 g/mol. The number of aromatic nitrogens is 1. The van der Waals surface area contributed by atoms with Gasteiger partial charge in [-0.05, 0) is 40.7 Å². The SMILES string of the molecule is COc1cc(C2(C)OC(C)(C)C(C)(C)O2)cnc1OC. The van der Waals surface area contributed by atoms with Gasteiger partial charge in [-0.15, -0.1) is 0 Å². The van der Waals surface area contributed by atoms with Crippen molar-refractivity contribution in [3.63, 3.8) is 0 Å². The first-order chi connectivity index (χ1) is 9.15. The predicted octanol–water partition coefficient (Wildman–Crippen LogP) is 2.88. The summed E-state index contributed by atoms with van der Waals surface area (Å²) >= 11 is 0. The van der Waals surface area contributed by atoms with Crippen molar-refractivity contribution >= 4 is 0 Å². The van der Waals surface area contributed by atoms with Gasteiger partial charge in [0, 0.05) is 11.8 Å². The molecule has 2 heterocycles. The van der Waals surface area contributed by atoms with Crippen molar-refractivity contribution < 1.29 is 18.9 Å². The molecule has 1 fully saturated rings. The van der Waals surface area contributed by atoms with Gasteiger partial charge in [0.1, 0.15) is 0 Å². The van der Waals surface area contributed by atoms with Crippen LogP contribution in [0.25, 0.3) is 0 Å². The van der Waals surface area contributed by atoms with Gasteiger partial charge in [-0.25, -0.2) is 4.98 Å². The molecule has 0 amide bonds. The maximum Gasteiger partial charge on any atom is 0.256 e. The number of rotatable bonds is 3. The number of pyridine rings is 1. The fraction of sp³-hybridized carbons (Fsp3) is 0.667. The number of ether oxygens (including phenoxy) is 4. The van der Waals surface area contributed by atoms with Crippen LogP contribution in [0.2, 0.25) is 0 Å². The Hall–Kier alpha value is -1.33. The second-order valence-electron chi connectivity index (χ2n) is 6.11. The molecule has 112 valence electrons. The molecule has 2 rings (SSSR count). The Kier molecular flexibility index (Phi) is 3.47. The topological polar surface area (TPSA) is 49.8 Å². The zero-order valence-electron chi connectivity index (χ0n) is 13.2. The normalized spacial score (nSPS) is 22.6. The molecule has 1 aromatic heterocycles. The predicted molar refractivity (Wildman–Crippen MR) is 75.0 cm³/mol. The molecule has 0 aromatic carbocycles. The summed E-state index contributed by atoms with van der Waals surface area (Å²) in [5.74, 6) is 0.136. The van der Waals surface area contributed by atoms with Gasteiger partial charge < -0.3 is 18.9 Å². The number of methoxy groups -OCH3 is 2. The Morgan fingerprint density at radius 2 is 1.50 bits per heavy atom. The van der Waals surface area contributed by atoms with E-state index in [-0.39, 0.29) is 0 Å². The maximum atomic E-state index is 6.15. The van der Waals surface area contributed by atoms with Gasteiger partial charge in [0.25, 0.3) is 5.88 Å². The fourth-order valence-electron chi connectivity index (χ4n) is 2.34. The summed E-state index contributed by atoms with van der Waals surface area (Å²) in [5.41, 5.74) is -0.0158. The molecule has 0 aliphatic carbocycles. The van der Waals surface area contributed by atoms with E-state index in [0.29, 0.717) is 11.6 Å². The molecule has 1 aliphatic heterocycles. The Morgan fingerprint density at radius 3 is 1.95 bits per heavy atom. The van der Waals surface area contributed by atoms with Gasteiger partial charge in [0.2, 0.25) is 0 Å². The number of hydrogen-bond acceptors (Lipinski definition) is 5. The Bertz CT molecular complexity index is 495. The highest BCUT2D eigenvalue weighted by molar-refractivity contribution is 5.38. The molecule has 1 aliphatic rings. The Labute approximate surface area is 120 Å². The third-order valence-corrected chi connectivity index (χ3v) is 4.11. The van der Waals surface area contributed by atoms with Gasteiger partial charge in [-0.1, -0.05) is 0 Å². The molecule has 0 radical (unpaired) electrons. The van der Waals surface area contributed by atoms with Crippen molar-refractivity contribution in [1.82, 2.24) is 4.98 Å². The van der Waals surface area contributed by atoms with E-state index >= 15 is 0 Å². The minimum Gasteiger partial charge on any atom is -0.491 e. The van der Waals surface area contributed by atoms with E-state index in [1.165, 1.54) is 0 Å². The van der Waals surface area contributed by atoms with Crippen molar-refractivity contribution in [2.24, 2.45) is 0 Å². The third kappa shape index (κ3) is 2.25. The second kappa shape index (κ2) is 4.60. The van der Waals surface area contributed by atoms with Crippen molar-refractivity contribution in [2.45, 2.75) is 51.6 Å². The maximum absolute atomic E-state index is 6.15. The largest absolute Gasteiger partial charge is 0.491 e. The monoisotopic (exact) mass is 281 g/mol. The molecule has 0 N–H and O–H groups in total. The number of nitrogens with zero attached hydrogens (tertiary/aromatic N) is 1. The van der Waals surface area contributed by atoms with Gasteiger partial charge in [0.15, 0.2) is 11.5 Å². The van der Waals surface area contributed by atoms with Crippen LogP contribution in [0.15, 0.2) is 12.3 Å². The minimum absolute atomic E-state index is 0.408. The summed E-state index contributed by atoms with van der Waals surface area (Å²) in [7, 11) is 3.14. The lowest BCUT2D eigenvalue weighted by atomic mass is 9.90. The van der Waals surface area contributed by atoms with Crippen molar-refractivity contribution in [2.75, 3.05) is 14.2 Å². The molecule has 0 atom stereocenters. The van der Waals surface area contributed by atoms with E-state index in [1.54, 1.807) is 20.4 Å². The zero-order chi connectivity index (χ0) is 15.2. The van der Waals surface area contributed by atoms with Crippen molar-refractivity contribution in [3.8, 4) is 11.6 Å². The molecule has 5 heteroatoms. The van der Waals surface area contributed by atoms with E-state index in [0.717, 1.165) is 5.56 Å². The van der Waals surface area contributed by atoms with Gasteiger partial charge in [-0.3, -0.25) is 0 Å². The molecule has 0 saturated carbocycles. The van der Waals surface area contributed by atoms with Gasteiger partial charge in [-0.2, -0.15) is 0 Å². The first kappa shape index (κ1) is 15.1. The van der Waals surface area contributed by atoms with E-state index < -0.39 is 17.0 Å². The van der Waals surface area contributed by atoms with E-state index in [1.807, 2.05) is 40.7 Å². The third-order valence-electron chi connectivity index (χ3n) is 4.11. The molecule has 1 saturated heterocycles. The average Bonchev–Trinajstić information content (AvgIpc) is 2.53. The van der Waals surface area contributed by atoms with Crippen LogP contribution in [0.3, 0.4) is 0 Å². The molecule has 1 aromatic rings. The first-order valence-electron chi connectivity index (χ1n) is 6.64. The molecule has 0 spiro atoms. The Balaban J connectivity index is 2.42. The van der Waals surface area contributed by atoms with Crippen LogP contribution in [-0.4, -0.2) is 30.4 Å². The lowest BCUT2D eigenvalue weighted by Gasteiger charge is -2.30.